The second kappa shape index (κ2) is 8.15. The molecule has 134 valence electrons. The molecule has 0 saturated carbocycles. The Labute approximate surface area is 149 Å². The van der Waals surface area contributed by atoms with E-state index in [2.05, 4.69) is 5.16 Å². The lowest BCUT2D eigenvalue weighted by Gasteiger charge is -2.07. The minimum atomic E-state index is -0.542. The van der Waals surface area contributed by atoms with E-state index in [1.54, 1.807) is 49.6 Å². The maximum atomic E-state index is 12.9. The zero-order valence-corrected chi connectivity index (χ0v) is 14.0. The van der Waals surface area contributed by atoms with Crippen LogP contribution in [0.4, 0.5) is 4.39 Å². The molecular formula is C19H16FNO5. The van der Waals surface area contributed by atoms with Gasteiger partial charge in [-0.15, -0.1) is 0 Å². The maximum Gasteiger partial charge on any atom is 0.344 e. The van der Waals surface area contributed by atoms with Crippen molar-refractivity contribution in [3.8, 4) is 22.8 Å². The van der Waals surface area contributed by atoms with Crippen molar-refractivity contribution in [2.75, 3.05) is 13.7 Å². The number of halogens is 1. The summed E-state index contributed by atoms with van der Waals surface area (Å²) in [5.41, 5.74) is 1.12. The van der Waals surface area contributed by atoms with Gasteiger partial charge in [0.2, 0.25) is 0 Å². The molecule has 3 aromatic rings. The Kier molecular flexibility index (Phi) is 5.48. The highest BCUT2D eigenvalue weighted by Gasteiger charge is 2.10. The highest BCUT2D eigenvalue weighted by molar-refractivity contribution is 5.71. The van der Waals surface area contributed by atoms with Crippen LogP contribution < -0.4 is 9.47 Å². The van der Waals surface area contributed by atoms with Crippen molar-refractivity contribution in [2.45, 2.75) is 6.61 Å². The van der Waals surface area contributed by atoms with Crippen LogP contribution >= 0.6 is 0 Å². The predicted octanol–water partition coefficient (Wildman–Crippen LogP) is 3.61. The van der Waals surface area contributed by atoms with Crippen LogP contribution in [-0.2, 0) is 16.1 Å². The smallest absolute Gasteiger partial charge is 0.344 e. The molecule has 0 aliphatic carbocycles. The van der Waals surface area contributed by atoms with Crippen molar-refractivity contribution in [1.82, 2.24) is 5.16 Å². The van der Waals surface area contributed by atoms with Crippen LogP contribution in [0.3, 0.4) is 0 Å². The Morgan fingerprint density at radius 2 is 1.88 bits per heavy atom. The summed E-state index contributed by atoms with van der Waals surface area (Å²) in [6, 6.07) is 14.3. The molecule has 3 rings (SSSR count). The average molecular weight is 357 g/mol. The number of ether oxygens (including phenoxy) is 3. The third kappa shape index (κ3) is 4.60. The molecule has 0 radical (unpaired) electrons. The average Bonchev–Trinajstić information content (AvgIpc) is 3.14. The monoisotopic (exact) mass is 357 g/mol. The molecule has 0 aliphatic heterocycles. The normalized spacial score (nSPS) is 10.4. The minimum absolute atomic E-state index is 0.0506. The molecule has 0 unspecified atom stereocenters. The second-order valence-corrected chi connectivity index (χ2v) is 5.32. The first-order valence-electron chi connectivity index (χ1n) is 7.78. The van der Waals surface area contributed by atoms with E-state index >= 15 is 0 Å². The van der Waals surface area contributed by atoms with E-state index in [9.17, 15) is 9.18 Å². The Bertz CT molecular complexity index is 876. The Morgan fingerprint density at radius 1 is 1.12 bits per heavy atom. The molecule has 2 aromatic carbocycles. The van der Waals surface area contributed by atoms with Crippen LogP contribution in [0.15, 0.2) is 59.1 Å². The van der Waals surface area contributed by atoms with Crippen molar-refractivity contribution in [3.05, 3.63) is 66.1 Å². The molecule has 1 aromatic heterocycles. The Morgan fingerprint density at radius 3 is 2.65 bits per heavy atom. The van der Waals surface area contributed by atoms with Crippen LogP contribution in [0.2, 0.25) is 0 Å². The van der Waals surface area contributed by atoms with Gasteiger partial charge in [0, 0.05) is 17.7 Å². The first-order chi connectivity index (χ1) is 12.6. The lowest BCUT2D eigenvalue weighted by atomic mass is 10.1. The van der Waals surface area contributed by atoms with Gasteiger partial charge in [-0.3, -0.25) is 0 Å². The predicted molar refractivity (Wildman–Crippen MR) is 90.2 cm³/mol. The van der Waals surface area contributed by atoms with Gasteiger partial charge in [0.1, 0.15) is 29.6 Å². The quantitative estimate of drug-likeness (QED) is 0.602. The van der Waals surface area contributed by atoms with Crippen LogP contribution in [-0.4, -0.2) is 24.8 Å². The van der Waals surface area contributed by atoms with Gasteiger partial charge in [-0.25, -0.2) is 9.18 Å². The van der Waals surface area contributed by atoms with Crippen molar-refractivity contribution in [2.24, 2.45) is 0 Å². The number of rotatable bonds is 7. The molecule has 7 heteroatoms. The second-order valence-electron chi connectivity index (χ2n) is 5.32. The fraction of sp³-hybridized carbons (Fsp3) is 0.158. The third-order valence-corrected chi connectivity index (χ3v) is 3.47. The van der Waals surface area contributed by atoms with Gasteiger partial charge in [0.15, 0.2) is 12.4 Å². The van der Waals surface area contributed by atoms with Crippen LogP contribution in [0.1, 0.15) is 5.69 Å². The fourth-order valence-corrected chi connectivity index (χ4v) is 2.16. The largest absolute Gasteiger partial charge is 0.497 e. The fourth-order valence-electron chi connectivity index (χ4n) is 2.16. The number of aromatic nitrogens is 1. The highest BCUT2D eigenvalue weighted by atomic mass is 19.1. The van der Waals surface area contributed by atoms with Crippen molar-refractivity contribution in [3.63, 3.8) is 0 Å². The van der Waals surface area contributed by atoms with E-state index in [0.717, 1.165) is 0 Å². The minimum Gasteiger partial charge on any atom is -0.497 e. The third-order valence-electron chi connectivity index (χ3n) is 3.47. The molecule has 0 spiro atoms. The van der Waals surface area contributed by atoms with Gasteiger partial charge in [0.25, 0.3) is 0 Å². The number of carbonyl (C=O) groups is 1. The molecule has 1 heterocycles. The standard InChI is InChI=1S/C19H16FNO5/c1-23-16-3-2-4-17(10-16)24-12-19(22)25-11-15-9-18(26-21-15)13-5-7-14(20)8-6-13/h2-10H,11-12H2,1H3. The van der Waals surface area contributed by atoms with Gasteiger partial charge in [-0.2, -0.15) is 0 Å². The molecule has 0 saturated heterocycles. The first kappa shape index (κ1) is 17.5. The number of carbonyl (C=O) groups excluding carboxylic acids is 1. The van der Waals surface area contributed by atoms with E-state index in [1.165, 1.54) is 12.1 Å². The summed E-state index contributed by atoms with van der Waals surface area (Å²) >= 11 is 0. The van der Waals surface area contributed by atoms with E-state index in [1.807, 2.05) is 0 Å². The van der Waals surface area contributed by atoms with Crippen molar-refractivity contribution in [1.29, 1.82) is 0 Å². The molecule has 0 aliphatic rings. The Balaban J connectivity index is 1.49. The number of esters is 1. The summed E-state index contributed by atoms with van der Waals surface area (Å²) in [6.45, 7) is -0.291. The molecule has 26 heavy (non-hydrogen) atoms. The zero-order valence-electron chi connectivity index (χ0n) is 14.0. The van der Waals surface area contributed by atoms with Crippen molar-refractivity contribution < 1.29 is 27.9 Å². The van der Waals surface area contributed by atoms with Gasteiger partial charge in [0.05, 0.1) is 7.11 Å². The number of nitrogens with zero attached hydrogens (tertiary/aromatic N) is 1. The van der Waals surface area contributed by atoms with E-state index in [0.29, 0.717) is 28.5 Å². The maximum absolute atomic E-state index is 12.9. The van der Waals surface area contributed by atoms with Crippen LogP contribution in [0, 0.1) is 5.82 Å². The lowest BCUT2D eigenvalue weighted by Crippen LogP contribution is -2.14. The molecule has 0 amide bonds. The summed E-state index contributed by atoms with van der Waals surface area (Å²) in [5.74, 6) is 0.717. The number of hydrogen-bond donors (Lipinski definition) is 0. The number of benzene rings is 2. The summed E-state index contributed by atoms with van der Waals surface area (Å²) in [5, 5.41) is 3.82. The molecule has 0 bridgehead atoms. The lowest BCUT2D eigenvalue weighted by molar-refractivity contribution is -0.147. The molecule has 0 N–H and O–H groups in total. The van der Waals surface area contributed by atoms with Crippen LogP contribution in [0.25, 0.3) is 11.3 Å². The van der Waals surface area contributed by atoms with E-state index in [4.69, 9.17) is 18.7 Å². The highest BCUT2D eigenvalue weighted by Crippen LogP contribution is 2.21. The summed E-state index contributed by atoms with van der Waals surface area (Å²) in [7, 11) is 1.55. The van der Waals surface area contributed by atoms with Gasteiger partial charge in [-0.05, 0) is 36.4 Å². The summed E-state index contributed by atoms with van der Waals surface area (Å²) in [6.07, 6.45) is 0. The molecule has 0 fully saturated rings. The molecule has 0 atom stereocenters. The first-order valence-corrected chi connectivity index (χ1v) is 7.78. The molecule has 6 nitrogen and oxygen atoms in total. The topological polar surface area (TPSA) is 70.8 Å². The van der Waals surface area contributed by atoms with E-state index < -0.39 is 5.97 Å². The Hall–Kier alpha value is -3.35. The number of methoxy groups -OCH3 is 1. The zero-order chi connectivity index (χ0) is 18.4. The van der Waals surface area contributed by atoms with E-state index in [-0.39, 0.29) is 19.0 Å². The van der Waals surface area contributed by atoms with Gasteiger partial charge in [-0.1, -0.05) is 11.2 Å². The van der Waals surface area contributed by atoms with Crippen LogP contribution in [0.5, 0.6) is 11.5 Å². The van der Waals surface area contributed by atoms with Gasteiger partial charge >= 0.3 is 5.97 Å². The number of hydrogen-bond acceptors (Lipinski definition) is 6. The molecular weight excluding hydrogens is 341 g/mol. The SMILES string of the molecule is COc1cccc(OCC(=O)OCc2cc(-c3ccc(F)cc3)on2)c1. The van der Waals surface area contributed by atoms with Crippen molar-refractivity contribution >= 4 is 5.97 Å². The summed E-state index contributed by atoms with van der Waals surface area (Å²) < 4.78 is 33.6. The summed E-state index contributed by atoms with van der Waals surface area (Å²) in [4.78, 5) is 11.8. The van der Waals surface area contributed by atoms with Gasteiger partial charge < -0.3 is 18.7 Å².